The highest BCUT2D eigenvalue weighted by atomic mass is 16.5. The number of morpholine rings is 1. The lowest BCUT2D eigenvalue weighted by Gasteiger charge is -2.39. The number of rotatable bonds is 3. The van der Waals surface area contributed by atoms with Crippen LogP contribution in [-0.4, -0.2) is 47.1 Å². The van der Waals surface area contributed by atoms with Gasteiger partial charge in [0.25, 0.3) is 0 Å². The number of aliphatic hydroxyl groups excluding tert-OH is 1. The molecule has 0 amide bonds. The molecule has 1 aromatic rings. The van der Waals surface area contributed by atoms with Crippen LogP contribution in [0.1, 0.15) is 30.6 Å². The smallest absolute Gasteiger partial charge is 0.138 e. The van der Waals surface area contributed by atoms with Gasteiger partial charge in [-0.05, 0) is 19.8 Å². The third-order valence-corrected chi connectivity index (χ3v) is 4.53. The number of aryl methyl sites for hydroxylation is 1. The van der Waals surface area contributed by atoms with Crippen LogP contribution in [-0.2, 0) is 11.3 Å². The lowest BCUT2D eigenvalue weighted by atomic mass is 9.94. The molecule has 0 spiro atoms. The lowest BCUT2D eigenvalue weighted by molar-refractivity contribution is -0.0537. The van der Waals surface area contributed by atoms with E-state index in [2.05, 4.69) is 10.1 Å². The van der Waals surface area contributed by atoms with Gasteiger partial charge in [-0.15, -0.1) is 0 Å². The molecule has 3 unspecified atom stereocenters. The van der Waals surface area contributed by atoms with Gasteiger partial charge in [0, 0.05) is 30.6 Å². The van der Waals surface area contributed by atoms with Gasteiger partial charge in [-0.3, -0.25) is 4.90 Å². The van der Waals surface area contributed by atoms with E-state index in [1.807, 2.05) is 6.92 Å². The molecule has 0 radical (unpaired) electrons. The van der Waals surface area contributed by atoms with Crippen molar-refractivity contribution in [3.05, 3.63) is 17.5 Å². The van der Waals surface area contributed by atoms with E-state index in [1.165, 1.54) is 0 Å². The van der Waals surface area contributed by atoms with Gasteiger partial charge in [0.05, 0.1) is 25.5 Å². The lowest BCUT2D eigenvalue weighted by Crippen LogP contribution is -2.50. The Morgan fingerprint density at radius 2 is 2.37 bits per heavy atom. The van der Waals surface area contributed by atoms with E-state index in [0.29, 0.717) is 12.0 Å². The number of ether oxygens (including phenoxy) is 1. The van der Waals surface area contributed by atoms with Crippen LogP contribution in [0.15, 0.2) is 10.7 Å². The quantitative estimate of drug-likeness (QED) is 0.894. The average Bonchev–Trinajstić information content (AvgIpc) is 3.00. The highest BCUT2D eigenvalue weighted by Crippen LogP contribution is 2.32. The van der Waals surface area contributed by atoms with Crippen molar-refractivity contribution in [2.75, 3.05) is 19.8 Å². The van der Waals surface area contributed by atoms with Crippen LogP contribution in [0.2, 0.25) is 0 Å². The molecule has 106 valence electrons. The summed E-state index contributed by atoms with van der Waals surface area (Å²) in [5.74, 6) is 1.23. The van der Waals surface area contributed by atoms with Crippen molar-refractivity contribution in [1.29, 1.82) is 0 Å². The molecule has 2 aliphatic rings. The summed E-state index contributed by atoms with van der Waals surface area (Å²) in [6, 6.07) is 0.320. The molecule has 5 heteroatoms. The second kappa shape index (κ2) is 5.61. The molecular weight excluding hydrogens is 244 g/mol. The molecule has 5 nitrogen and oxygen atoms in total. The third kappa shape index (κ3) is 2.68. The van der Waals surface area contributed by atoms with E-state index >= 15 is 0 Å². The normalized spacial score (nSPS) is 32.8. The molecule has 3 rings (SSSR count). The second-order valence-electron chi connectivity index (χ2n) is 5.68. The Bertz CT molecular complexity index is 421. The maximum atomic E-state index is 10.1. The molecule has 1 N–H and O–H groups in total. The maximum absolute atomic E-state index is 10.1. The molecule has 0 aromatic carbocycles. The first-order chi connectivity index (χ1) is 9.25. The predicted molar refractivity (Wildman–Crippen MR) is 69.6 cm³/mol. The molecule has 1 saturated heterocycles. The van der Waals surface area contributed by atoms with Gasteiger partial charge in [0.15, 0.2) is 0 Å². The molecule has 1 aliphatic carbocycles. The monoisotopic (exact) mass is 266 g/mol. The molecule has 2 heterocycles. The molecule has 1 aromatic heterocycles. The predicted octanol–water partition coefficient (Wildman–Crippen LogP) is 1.34. The van der Waals surface area contributed by atoms with Crippen molar-refractivity contribution in [2.24, 2.45) is 5.92 Å². The Hall–Kier alpha value is -0.910. The van der Waals surface area contributed by atoms with E-state index in [0.717, 1.165) is 56.9 Å². The fourth-order valence-corrected chi connectivity index (χ4v) is 3.36. The summed E-state index contributed by atoms with van der Waals surface area (Å²) >= 11 is 0. The van der Waals surface area contributed by atoms with Crippen molar-refractivity contribution in [3.63, 3.8) is 0 Å². The van der Waals surface area contributed by atoms with Gasteiger partial charge >= 0.3 is 0 Å². The largest absolute Gasteiger partial charge is 0.393 e. The zero-order chi connectivity index (χ0) is 13.2. The first-order valence-electron chi connectivity index (χ1n) is 7.15. The molecule has 2 fully saturated rings. The fraction of sp³-hybridized carbons (Fsp3) is 0.786. The van der Waals surface area contributed by atoms with Gasteiger partial charge in [0.2, 0.25) is 0 Å². The zero-order valence-corrected chi connectivity index (χ0v) is 11.4. The van der Waals surface area contributed by atoms with E-state index in [9.17, 15) is 5.11 Å². The van der Waals surface area contributed by atoms with Crippen LogP contribution in [0.25, 0.3) is 0 Å². The molecule has 0 bridgehead atoms. The van der Waals surface area contributed by atoms with Crippen molar-refractivity contribution in [1.82, 2.24) is 10.1 Å². The van der Waals surface area contributed by atoms with Crippen LogP contribution >= 0.6 is 0 Å². The molecule has 3 atom stereocenters. The summed E-state index contributed by atoms with van der Waals surface area (Å²) in [6.45, 7) is 5.20. The molecule has 19 heavy (non-hydrogen) atoms. The minimum atomic E-state index is -0.169. The third-order valence-electron chi connectivity index (χ3n) is 4.53. The average molecular weight is 266 g/mol. The Morgan fingerprint density at radius 3 is 3.05 bits per heavy atom. The standard InChI is InChI=1S/C14H22N2O3/c1-10-11(7-15-19-10)8-16-5-6-18-9-13(16)12-3-2-4-14(12)17/h7,12-14,17H,2-6,8-9H2,1H3. The first kappa shape index (κ1) is 13.1. The first-order valence-corrected chi connectivity index (χ1v) is 7.15. The second-order valence-corrected chi connectivity index (χ2v) is 5.68. The number of nitrogens with zero attached hydrogens (tertiary/aromatic N) is 2. The van der Waals surface area contributed by atoms with Crippen molar-refractivity contribution in [2.45, 2.75) is 44.9 Å². The number of hydrogen-bond donors (Lipinski definition) is 1. The van der Waals surface area contributed by atoms with E-state index < -0.39 is 0 Å². The molecule has 1 aliphatic heterocycles. The Kier molecular flexibility index (Phi) is 3.86. The van der Waals surface area contributed by atoms with Crippen LogP contribution in [0.3, 0.4) is 0 Å². The SMILES string of the molecule is Cc1oncc1CN1CCOCC1C1CCCC1O. The summed E-state index contributed by atoms with van der Waals surface area (Å²) in [5.41, 5.74) is 1.14. The Labute approximate surface area is 113 Å². The van der Waals surface area contributed by atoms with E-state index in [1.54, 1.807) is 6.20 Å². The highest BCUT2D eigenvalue weighted by Gasteiger charge is 2.37. The summed E-state index contributed by atoms with van der Waals surface area (Å²) < 4.78 is 10.8. The van der Waals surface area contributed by atoms with Crippen molar-refractivity contribution < 1.29 is 14.4 Å². The van der Waals surface area contributed by atoms with Gasteiger partial charge in [-0.25, -0.2) is 0 Å². The molecular formula is C14H22N2O3. The number of aliphatic hydroxyl groups is 1. The fourth-order valence-electron chi connectivity index (χ4n) is 3.36. The van der Waals surface area contributed by atoms with Gasteiger partial charge in [-0.1, -0.05) is 11.6 Å². The van der Waals surface area contributed by atoms with Gasteiger partial charge in [0.1, 0.15) is 5.76 Å². The van der Waals surface area contributed by atoms with Gasteiger partial charge < -0.3 is 14.4 Å². The maximum Gasteiger partial charge on any atom is 0.138 e. The minimum absolute atomic E-state index is 0.169. The van der Waals surface area contributed by atoms with Crippen molar-refractivity contribution >= 4 is 0 Å². The van der Waals surface area contributed by atoms with Crippen LogP contribution in [0.5, 0.6) is 0 Å². The van der Waals surface area contributed by atoms with Crippen LogP contribution < -0.4 is 0 Å². The van der Waals surface area contributed by atoms with E-state index in [4.69, 9.17) is 9.26 Å². The topological polar surface area (TPSA) is 58.7 Å². The zero-order valence-electron chi connectivity index (χ0n) is 11.4. The summed E-state index contributed by atoms with van der Waals surface area (Å²) in [6.07, 6.45) is 4.79. The van der Waals surface area contributed by atoms with Crippen molar-refractivity contribution in [3.8, 4) is 0 Å². The Balaban J connectivity index is 1.72. The van der Waals surface area contributed by atoms with E-state index in [-0.39, 0.29) is 6.10 Å². The molecule has 1 saturated carbocycles. The summed E-state index contributed by atoms with van der Waals surface area (Å²) in [4.78, 5) is 2.42. The Morgan fingerprint density at radius 1 is 1.47 bits per heavy atom. The van der Waals surface area contributed by atoms with Crippen LogP contribution in [0, 0.1) is 12.8 Å². The summed E-state index contributed by atoms with van der Waals surface area (Å²) in [7, 11) is 0. The number of aromatic nitrogens is 1. The van der Waals surface area contributed by atoms with Crippen LogP contribution in [0.4, 0.5) is 0 Å². The minimum Gasteiger partial charge on any atom is -0.393 e. The summed E-state index contributed by atoms with van der Waals surface area (Å²) in [5, 5.41) is 14.0. The van der Waals surface area contributed by atoms with Gasteiger partial charge in [-0.2, -0.15) is 0 Å². The highest BCUT2D eigenvalue weighted by molar-refractivity contribution is 5.11. The number of hydrogen-bond acceptors (Lipinski definition) is 5.